The van der Waals surface area contributed by atoms with Gasteiger partial charge < -0.3 is 0 Å². The zero-order valence-corrected chi connectivity index (χ0v) is 23.6. The van der Waals surface area contributed by atoms with Gasteiger partial charge in [0.15, 0.2) is 0 Å². The highest BCUT2D eigenvalue weighted by atomic mass is 32.3. The van der Waals surface area contributed by atoms with Gasteiger partial charge >= 0.3 is 10.1 Å². The van der Waals surface area contributed by atoms with Crippen molar-refractivity contribution in [3.8, 4) is 0 Å². The van der Waals surface area contributed by atoms with Gasteiger partial charge in [0.05, 0.1) is 4.90 Å². The van der Waals surface area contributed by atoms with E-state index in [0.29, 0.717) is 5.25 Å². The molecular weight excluding hydrogens is 472 g/mol. The maximum atomic E-state index is 13.4. The van der Waals surface area contributed by atoms with E-state index in [9.17, 15) is 8.42 Å². The summed E-state index contributed by atoms with van der Waals surface area (Å²) in [6.45, 7) is 4.24. The lowest BCUT2D eigenvalue weighted by molar-refractivity contribution is 0.506. The van der Waals surface area contributed by atoms with Crippen molar-refractivity contribution in [1.82, 2.24) is 0 Å². The van der Waals surface area contributed by atoms with Gasteiger partial charge in [-0.15, -0.1) is 0 Å². The van der Waals surface area contributed by atoms with Gasteiger partial charge in [-0.1, -0.05) is 124 Å². The Morgan fingerprint density at radius 3 is 1.71 bits per heavy atom. The van der Waals surface area contributed by atoms with Crippen molar-refractivity contribution in [1.29, 1.82) is 0 Å². The zero-order valence-electron chi connectivity index (χ0n) is 21.9. The van der Waals surface area contributed by atoms with Gasteiger partial charge in [-0.2, -0.15) is 8.42 Å². The summed E-state index contributed by atoms with van der Waals surface area (Å²) in [6.07, 6.45) is 17.7. The average molecular weight is 519 g/mol. The predicted molar refractivity (Wildman–Crippen MR) is 151 cm³/mol. The standard InChI is InChI=1S/C30H46O3S2/c1-3-4-5-6-7-8-9-10-11-12-13-17-26-34(29-24-25-29,28-18-15-14-16-19-28)33-35(31,32)30-22-20-27(2)21-23-30/h14-16,18-23,29H,3-13,17,24-26H2,1-2H3. The molecule has 0 spiro atoms. The first-order chi connectivity index (χ1) is 17.0. The predicted octanol–water partition coefficient (Wildman–Crippen LogP) is 9.34. The third-order valence-corrected chi connectivity index (χ3v) is 13.1. The molecule has 0 bridgehead atoms. The summed E-state index contributed by atoms with van der Waals surface area (Å²) in [5.74, 6) is 0.837. The maximum Gasteiger partial charge on any atom is 0.306 e. The Morgan fingerprint density at radius 1 is 0.686 bits per heavy atom. The smallest absolute Gasteiger partial charge is 0.212 e. The number of aryl methyl sites for hydroxylation is 1. The molecule has 1 saturated carbocycles. The summed E-state index contributed by atoms with van der Waals surface area (Å²) < 4.78 is 33.1. The van der Waals surface area contributed by atoms with E-state index in [1.54, 1.807) is 12.1 Å². The van der Waals surface area contributed by atoms with E-state index >= 15 is 0 Å². The Hall–Kier alpha value is -1.30. The second-order valence-electron chi connectivity index (χ2n) is 10.2. The van der Waals surface area contributed by atoms with E-state index in [2.05, 4.69) is 19.1 Å². The molecular formula is C30H46O3S2. The SMILES string of the molecule is CCCCCCCCCCCCCCS(OS(=O)(=O)c1ccc(C)cc1)(c1ccccc1)C1CC1. The molecule has 0 N–H and O–H groups in total. The molecule has 35 heavy (non-hydrogen) atoms. The molecule has 3 nitrogen and oxygen atoms in total. The van der Waals surface area contributed by atoms with E-state index < -0.39 is 20.4 Å². The van der Waals surface area contributed by atoms with Crippen molar-refractivity contribution in [3.05, 3.63) is 60.2 Å². The van der Waals surface area contributed by atoms with Crippen molar-refractivity contribution in [2.45, 2.75) is 119 Å². The molecule has 3 rings (SSSR count). The quantitative estimate of drug-likeness (QED) is 0.185. The zero-order chi connectivity index (χ0) is 25.0. The fourth-order valence-electron chi connectivity index (χ4n) is 4.77. The number of hydrogen-bond acceptors (Lipinski definition) is 3. The summed E-state index contributed by atoms with van der Waals surface area (Å²) in [4.78, 5) is 1.35. The number of rotatable bonds is 18. The van der Waals surface area contributed by atoms with Crippen LogP contribution >= 0.6 is 10.3 Å². The van der Waals surface area contributed by atoms with Crippen LogP contribution in [0.15, 0.2) is 64.4 Å². The van der Waals surface area contributed by atoms with E-state index in [1.807, 2.05) is 37.3 Å². The topological polar surface area (TPSA) is 43.4 Å². The summed E-state index contributed by atoms with van der Waals surface area (Å²) in [5.41, 5.74) is 1.05. The van der Waals surface area contributed by atoms with Crippen LogP contribution in [0.2, 0.25) is 0 Å². The van der Waals surface area contributed by atoms with Crippen molar-refractivity contribution < 1.29 is 12.0 Å². The largest absolute Gasteiger partial charge is 0.306 e. The minimum Gasteiger partial charge on any atom is -0.212 e. The highest BCUT2D eigenvalue weighted by Crippen LogP contribution is 2.69. The van der Waals surface area contributed by atoms with Crippen LogP contribution in [-0.2, 0) is 13.7 Å². The molecule has 1 aliphatic carbocycles. The van der Waals surface area contributed by atoms with Crippen molar-refractivity contribution >= 4 is 20.4 Å². The van der Waals surface area contributed by atoms with Crippen LogP contribution in [0, 0.1) is 6.92 Å². The molecule has 2 aromatic carbocycles. The van der Waals surface area contributed by atoms with Crippen molar-refractivity contribution in [2.75, 3.05) is 5.75 Å². The summed E-state index contributed by atoms with van der Waals surface area (Å²) in [6, 6.07) is 17.2. The molecule has 5 heteroatoms. The highest BCUT2D eigenvalue weighted by molar-refractivity contribution is 8.33. The fourth-order valence-corrected chi connectivity index (χ4v) is 11.0. The Bertz CT molecular complexity index is 953. The van der Waals surface area contributed by atoms with Gasteiger partial charge in [0.1, 0.15) is 0 Å². The van der Waals surface area contributed by atoms with Crippen LogP contribution in [0.5, 0.6) is 0 Å². The third-order valence-electron chi connectivity index (χ3n) is 7.03. The molecule has 0 heterocycles. The number of unbranched alkanes of at least 4 members (excludes halogenated alkanes) is 11. The Balaban J connectivity index is 1.55. The molecule has 196 valence electrons. The van der Waals surface area contributed by atoms with Gasteiger partial charge in [0, 0.05) is 15.9 Å². The maximum absolute atomic E-state index is 13.4. The van der Waals surface area contributed by atoms with Crippen molar-refractivity contribution in [2.24, 2.45) is 0 Å². The first kappa shape index (κ1) is 28.3. The van der Waals surface area contributed by atoms with Crippen LogP contribution in [-0.4, -0.2) is 19.4 Å². The van der Waals surface area contributed by atoms with Gasteiger partial charge in [0.2, 0.25) is 0 Å². The second kappa shape index (κ2) is 14.4. The summed E-state index contributed by atoms with van der Waals surface area (Å²) in [7, 11) is -5.71. The fraction of sp³-hybridized carbons (Fsp3) is 0.600. The molecule has 2 aromatic rings. The first-order valence-electron chi connectivity index (χ1n) is 13.9. The lowest BCUT2D eigenvalue weighted by atomic mass is 10.1. The van der Waals surface area contributed by atoms with E-state index in [-0.39, 0.29) is 4.90 Å². The molecule has 1 unspecified atom stereocenters. The molecule has 0 amide bonds. The number of benzene rings is 2. The monoisotopic (exact) mass is 518 g/mol. The lowest BCUT2D eigenvalue weighted by Crippen LogP contribution is -2.19. The highest BCUT2D eigenvalue weighted by Gasteiger charge is 2.46. The van der Waals surface area contributed by atoms with E-state index in [0.717, 1.165) is 41.9 Å². The Labute approximate surface area is 216 Å². The van der Waals surface area contributed by atoms with E-state index in [4.69, 9.17) is 3.63 Å². The molecule has 0 aromatic heterocycles. The third kappa shape index (κ3) is 8.94. The molecule has 1 fully saturated rings. The van der Waals surface area contributed by atoms with Crippen molar-refractivity contribution in [3.63, 3.8) is 0 Å². The number of hydrogen-bond donors (Lipinski definition) is 0. The molecule has 0 radical (unpaired) electrons. The van der Waals surface area contributed by atoms with Crippen LogP contribution in [0.4, 0.5) is 0 Å². The first-order valence-corrected chi connectivity index (χ1v) is 17.1. The molecule has 1 aliphatic rings. The van der Waals surface area contributed by atoms with Gasteiger partial charge in [0.25, 0.3) is 0 Å². The molecule has 1 atom stereocenters. The minimum atomic E-state index is -3.82. The van der Waals surface area contributed by atoms with Gasteiger partial charge in [-0.3, -0.25) is 0 Å². The van der Waals surface area contributed by atoms with Crippen LogP contribution < -0.4 is 0 Å². The minimum absolute atomic E-state index is 0.270. The van der Waals surface area contributed by atoms with Gasteiger partial charge in [-0.05, 0) is 50.5 Å². The Kier molecular flexibility index (Phi) is 11.7. The Morgan fingerprint density at radius 2 is 1.20 bits per heavy atom. The van der Waals surface area contributed by atoms with Gasteiger partial charge in [-0.25, -0.2) is 3.63 Å². The summed E-state index contributed by atoms with van der Waals surface area (Å²) in [5, 5.41) is 0.345. The second-order valence-corrected chi connectivity index (χ2v) is 15.1. The molecule has 0 aliphatic heterocycles. The normalized spacial score (nSPS) is 16.6. The van der Waals surface area contributed by atoms with Crippen LogP contribution in [0.25, 0.3) is 0 Å². The average Bonchev–Trinajstić information content (AvgIpc) is 3.71. The van der Waals surface area contributed by atoms with Crippen LogP contribution in [0.1, 0.15) is 102 Å². The van der Waals surface area contributed by atoms with Crippen LogP contribution in [0.3, 0.4) is 0 Å². The summed E-state index contributed by atoms with van der Waals surface area (Å²) >= 11 is 0. The molecule has 0 saturated heterocycles. The lowest BCUT2D eigenvalue weighted by Gasteiger charge is -2.39. The van der Waals surface area contributed by atoms with E-state index in [1.165, 1.54) is 64.2 Å².